The van der Waals surface area contributed by atoms with Gasteiger partial charge in [-0.2, -0.15) is 0 Å². The van der Waals surface area contributed by atoms with E-state index in [1.54, 1.807) is 13.2 Å². The first kappa shape index (κ1) is 36.5. The fraction of sp³-hybridized carbons (Fsp3) is 0.225. The highest BCUT2D eigenvalue weighted by atomic mass is 32.1. The van der Waals surface area contributed by atoms with E-state index < -0.39 is 23.9 Å². The van der Waals surface area contributed by atoms with Crippen molar-refractivity contribution in [2.75, 3.05) is 12.0 Å². The Hall–Kier alpha value is -5.81. The van der Waals surface area contributed by atoms with Gasteiger partial charge in [-0.1, -0.05) is 86.6 Å². The van der Waals surface area contributed by atoms with Crippen molar-refractivity contribution in [1.29, 1.82) is 0 Å². The molecule has 0 radical (unpaired) electrons. The first-order chi connectivity index (χ1) is 24.7. The van der Waals surface area contributed by atoms with E-state index in [9.17, 15) is 14.4 Å². The van der Waals surface area contributed by atoms with Crippen LogP contribution in [-0.4, -0.2) is 31.1 Å². The second kappa shape index (κ2) is 18.3. The molecule has 3 amide bonds. The molecule has 5 rings (SSSR count). The van der Waals surface area contributed by atoms with E-state index in [0.29, 0.717) is 35.9 Å². The van der Waals surface area contributed by atoms with Crippen LogP contribution in [0.4, 0.5) is 9.80 Å². The van der Waals surface area contributed by atoms with Gasteiger partial charge in [-0.05, 0) is 77.6 Å². The van der Waals surface area contributed by atoms with Crippen molar-refractivity contribution in [2.24, 2.45) is 5.92 Å². The number of amides is 3. The van der Waals surface area contributed by atoms with Crippen molar-refractivity contribution in [1.82, 2.24) is 16.2 Å². The molecule has 3 N–H and O–H groups in total. The summed E-state index contributed by atoms with van der Waals surface area (Å²) in [5, 5.41) is 3.50. The van der Waals surface area contributed by atoms with E-state index in [-0.39, 0.29) is 12.5 Å². The Kier molecular flexibility index (Phi) is 13.1. The Bertz CT molecular complexity index is 1870. The molecular weight excluding hydrogens is 665 g/mol. The van der Waals surface area contributed by atoms with E-state index in [4.69, 9.17) is 14.2 Å². The quantitative estimate of drug-likeness (QED) is 0.0949. The fourth-order valence-corrected chi connectivity index (χ4v) is 6.12. The number of nitrogens with one attached hydrogen (secondary N) is 3. The number of nitrogens with zero attached hydrogens (tertiary/aromatic N) is 1. The van der Waals surface area contributed by atoms with Crippen LogP contribution >= 0.6 is 11.3 Å². The molecule has 0 saturated heterocycles. The van der Waals surface area contributed by atoms with Crippen LogP contribution in [0.1, 0.15) is 46.6 Å². The smallest absolute Gasteiger partial charge is 0.408 e. The molecule has 1 atom stereocenters. The third-order valence-corrected chi connectivity index (χ3v) is 8.88. The van der Waals surface area contributed by atoms with Gasteiger partial charge in [0.1, 0.15) is 29.9 Å². The van der Waals surface area contributed by atoms with Gasteiger partial charge in [0.2, 0.25) is 0 Å². The van der Waals surface area contributed by atoms with Gasteiger partial charge >= 0.3 is 6.09 Å². The van der Waals surface area contributed by atoms with Gasteiger partial charge in [0.15, 0.2) is 0 Å². The average Bonchev–Trinajstić information content (AvgIpc) is 3.64. The minimum Gasteiger partial charge on any atom is -0.497 e. The van der Waals surface area contributed by atoms with Crippen LogP contribution in [-0.2, 0) is 29.2 Å². The van der Waals surface area contributed by atoms with Gasteiger partial charge in [-0.3, -0.25) is 20.4 Å². The highest BCUT2D eigenvalue weighted by molar-refractivity contribution is 7.18. The summed E-state index contributed by atoms with van der Waals surface area (Å²) in [6.07, 6.45) is -0.364. The number of rotatable bonds is 15. The Morgan fingerprint density at radius 1 is 0.706 bits per heavy atom. The molecule has 0 aliphatic rings. The lowest BCUT2D eigenvalue weighted by molar-refractivity contribution is -0.124. The highest BCUT2D eigenvalue weighted by Crippen LogP contribution is 2.30. The van der Waals surface area contributed by atoms with E-state index in [1.165, 1.54) is 11.3 Å². The molecule has 10 nitrogen and oxygen atoms in total. The molecule has 0 spiro atoms. The summed E-state index contributed by atoms with van der Waals surface area (Å²) in [6.45, 7) is 5.11. The molecular formula is C40H42N4O6S. The highest BCUT2D eigenvalue weighted by Gasteiger charge is 2.24. The second-order valence-corrected chi connectivity index (χ2v) is 13.3. The maximum atomic E-state index is 13.2. The molecule has 0 aliphatic heterocycles. The van der Waals surface area contributed by atoms with Crippen LogP contribution in [0.15, 0.2) is 121 Å². The summed E-state index contributed by atoms with van der Waals surface area (Å²) in [4.78, 5) is 41.4. The van der Waals surface area contributed by atoms with Crippen molar-refractivity contribution in [3.05, 3.63) is 143 Å². The van der Waals surface area contributed by atoms with Gasteiger partial charge in [-0.15, -0.1) is 11.3 Å². The van der Waals surface area contributed by atoms with Crippen LogP contribution in [0.3, 0.4) is 0 Å². The third-order valence-electron chi connectivity index (χ3n) is 7.74. The lowest BCUT2D eigenvalue weighted by Gasteiger charge is -2.24. The van der Waals surface area contributed by atoms with Gasteiger partial charge < -0.3 is 24.4 Å². The number of thiophene rings is 1. The lowest BCUT2D eigenvalue weighted by Crippen LogP contribution is -2.52. The summed E-state index contributed by atoms with van der Waals surface area (Å²) in [7, 11) is 1.62. The summed E-state index contributed by atoms with van der Waals surface area (Å²) in [5.74, 6) is 1.23. The number of hydrogen-bond acceptors (Lipinski definition) is 8. The molecule has 0 fully saturated rings. The molecule has 264 valence electrons. The third kappa shape index (κ3) is 11.4. The van der Waals surface area contributed by atoms with Crippen molar-refractivity contribution in [3.63, 3.8) is 0 Å². The molecule has 0 unspecified atom stereocenters. The Balaban J connectivity index is 1.22. The van der Waals surface area contributed by atoms with Crippen LogP contribution < -0.4 is 30.5 Å². The van der Waals surface area contributed by atoms with Gasteiger partial charge in [-0.25, -0.2) is 4.79 Å². The fourth-order valence-electron chi connectivity index (χ4n) is 5.22. The maximum absolute atomic E-state index is 13.2. The molecule has 0 saturated carbocycles. The Morgan fingerprint density at radius 2 is 1.35 bits per heavy atom. The molecule has 4 aromatic carbocycles. The lowest BCUT2D eigenvalue weighted by atomic mass is 10.0. The SMILES string of the molecule is COc1ccc(Oc2cccc(CN(Cc3ccccc3)c3ccc(C(=O)NNC(=O)[C@H](CC(C)C)NC(=O)OCc4ccccc4)s3)c2)cc1. The van der Waals surface area contributed by atoms with Crippen LogP contribution in [0.2, 0.25) is 0 Å². The molecule has 5 aromatic rings. The minimum absolute atomic E-state index is 0.0737. The molecule has 51 heavy (non-hydrogen) atoms. The molecule has 1 heterocycles. The second-order valence-electron chi connectivity index (χ2n) is 12.2. The Labute approximate surface area is 302 Å². The topological polar surface area (TPSA) is 118 Å². The zero-order chi connectivity index (χ0) is 36.0. The van der Waals surface area contributed by atoms with E-state index in [0.717, 1.165) is 27.4 Å². The monoisotopic (exact) mass is 706 g/mol. The standard InChI is InChI=1S/C40H42N4O6S/c1-28(2)23-35(41-40(47)49-27-30-13-8-5-9-14-30)38(45)42-43-39(46)36-21-22-37(51-36)44(25-29-11-6-4-7-12-29)26-31-15-10-16-34(24-31)50-33-19-17-32(48-3)18-20-33/h4-22,24,28,35H,23,25-27H2,1-3H3,(H,41,47)(H,42,45)(H,43,46)/t35-/m0/s1. The average molecular weight is 707 g/mol. The number of carbonyl (C=O) groups is 3. The molecule has 1 aromatic heterocycles. The zero-order valence-electron chi connectivity index (χ0n) is 28.8. The maximum Gasteiger partial charge on any atom is 0.408 e. The first-order valence-electron chi connectivity index (χ1n) is 16.6. The number of methoxy groups -OCH3 is 1. The summed E-state index contributed by atoms with van der Waals surface area (Å²) in [6, 6.07) is 37.4. The molecule has 0 aliphatic carbocycles. The largest absolute Gasteiger partial charge is 0.497 e. The summed E-state index contributed by atoms with van der Waals surface area (Å²) < 4.78 is 16.7. The number of benzene rings is 4. The van der Waals surface area contributed by atoms with Crippen molar-refractivity contribution in [3.8, 4) is 17.2 Å². The summed E-state index contributed by atoms with van der Waals surface area (Å²) in [5.41, 5.74) is 7.95. The number of anilines is 1. The number of ether oxygens (including phenoxy) is 3. The predicted octanol–water partition coefficient (Wildman–Crippen LogP) is 7.86. The minimum atomic E-state index is -0.904. The van der Waals surface area contributed by atoms with Gasteiger partial charge in [0.25, 0.3) is 11.8 Å². The van der Waals surface area contributed by atoms with Crippen molar-refractivity contribution >= 4 is 34.2 Å². The summed E-state index contributed by atoms with van der Waals surface area (Å²) >= 11 is 1.31. The molecule has 11 heteroatoms. The van der Waals surface area contributed by atoms with Gasteiger partial charge in [0.05, 0.1) is 17.0 Å². The van der Waals surface area contributed by atoms with Crippen molar-refractivity contribution in [2.45, 2.75) is 46.0 Å². The normalized spacial score (nSPS) is 11.3. The van der Waals surface area contributed by atoms with E-state index >= 15 is 0 Å². The Morgan fingerprint density at radius 3 is 2.04 bits per heavy atom. The van der Waals surface area contributed by atoms with Crippen LogP contribution in [0.5, 0.6) is 17.2 Å². The predicted molar refractivity (Wildman–Crippen MR) is 199 cm³/mol. The van der Waals surface area contributed by atoms with E-state index in [1.807, 2.05) is 117 Å². The van der Waals surface area contributed by atoms with Crippen LogP contribution in [0.25, 0.3) is 0 Å². The first-order valence-corrected chi connectivity index (χ1v) is 17.4. The van der Waals surface area contributed by atoms with E-state index in [2.05, 4.69) is 33.2 Å². The number of hydrazine groups is 1. The number of hydrogen-bond donors (Lipinski definition) is 3. The number of alkyl carbamates (subject to hydrolysis) is 1. The number of carbonyl (C=O) groups excluding carboxylic acids is 3. The van der Waals surface area contributed by atoms with Crippen molar-refractivity contribution < 1.29 is 28.6 Å². The van der Waals surface area contributed by atoms with Gasteiger partial charge in [0, 0.05) is 13.1 Å². The molecule has 0 bridgehead atoms. The zero-order valence-corrected chi connectivity index (χ0v) is 29.7. The van der Waals surface area contributed by atoms with Crippen LogP contribution in [0, 0.1) is 5.92 Å².